The molecule has 2 N–H and O–H groups in total. The first-order valence-electron chi connectivity index (χ1n) is 11.2. The molecule has 1 amide bonds. The summed E-state index contributed by atoms with van der Waals surface area (Å²) < 4.78 is 6.25. The van der Waals surface area contributed by atoms with E-state index in [9.17, 15) is 14.7 Å². The third-order valence-corrected chi connectivity index (χ3v) is 5.43. The number of pyridine rings is 1. The highest BCUT2D eigenvalue weighted by Gasteiger charge is 2.16. The molecule has 1 aromatic heterocycles. The van der Waals surface area contributed by atoms with Crippen LogP contribution in [-0.4, -0.2) is 54.4 Å². The summed E-state index contributed by atoms with van der Waals surface area (Å²) in [7, 11) is 3.50. The summed E-state index contributed by atoms with van der Waals surface area (Å²) >= 11 is 5.88. The Hall–Kier alpha value is -3.22. The smallest absolute Gasteiger partial charge is 0.257 e. The summed E-state index contributed by atoms with van der Waals surface area (Å²) in [6.45, 7) is 3.92. The largest absolute Gasteiger partial charge is 0.395 e. The fourth-order valence-corrected chi connectivity index (χ4v) is 3.49. The molecule has 186 valence electrons. The van der Waals surface area contributed by atoms with Crippen molar-refractivity contribution < 1.29 is 14.6 Å². The van der Waals surface area contributed by atoms with Crippen LogP contribution >= 0.6 is 11.6 Å². The van der Waals surface area contributed by atoms with E-state index in [1.54, 1.807) is 48.1 Å². The van der Waals surface area contributed by atoms with Gasteiger partial charge in [0.05, 0.1) is 24.7 Å². The molecule has 0 bridgehead atoms. The molecule has 0 spiro atoms. The number of nitrogens with zero attached hydrogens (tertiary/aromatic N) is 3. The van der Waals surface area contributed by atoms with Gasteiger partial charge in [0.25, 0.3) is 5.91 Å². The van der Waals surface area contributed by atoms with Crippen LogP contribution in [0.4, 0.5) is 0 Å². The molecule has 0 radical (unpaired) electrons. The maximum Gasteiger partial charge on any atom is 0.257 e. The second kappa shape index (κ2) is 14.2. The number of carbonyl (C=O) groups excluding carboxylic acids is 1. The van der Waals surface area contributed by atoms with Crippen LogP contribution in [0.1, 0.15) is 28.4 Å². The van der Waals surface area contributed by atoms with Gasteiger partial charge in [0.2, 0.25) is 5.43 Å². The van der Waals surface area contributed by atoms with E-state index < -0.39 is 5.91 Å². The minimum absolute atomic E-state index is 0.0115. The third kappa shape index (κ3) is 8.19. The summed E-state index contributed by atoms with van der Waals surface area (Å²) in [5.41, 5.74) is 1.99. The number of nitrogens with one attached hydrogen (secondary N) is 1. The summed E-state index contributed by atoms with van der Waals surface area (Å²) in [6, 6.07) is 14.6. The first kappa shape index (κ1) is 28.0. The number of rotatable bonds is 9. The van der Waals surface area contributed by atoms with E-state index in [0.29, 0.717) is 22.5 Å². The number of nitriles is 1. The molecule has 0 aliphatic heterocycles. The number of halogens is 1. The lowest BCUT2D eigenvalue weighted by atomic mass is 10.1. The van der Waals surface area contributed by atoms with Crippen molar-refractivity contribution in [3.63, 3.8) is 0 Å². The highest BCUT2D eigenvalue weighted by atomic mass is 35.5. The van der Waals surface area contributed by atoms with E-state index in [-0.39, 0.29) is 37.2 Å². The van der Waals surface area contributed by atoms with Crippen LogP contribution in [0.3, 0.4) is 0 Å². The lowest BCUT2D eigenvalue weighted by molar-refractivity contribution is 0.0949. The van der Waals surface area contributed by atoms with Gasteiger partial charge in [-0.3, -0.25) is 14.5 Å². The topological polar surface area (TPSA) is 108 Å². The van der Waals surface area contributed by atoms with Crippen molar-refractivity contribution in [3.8, 4) is 6.07 Å². The standard InChI is InChI=1S/C23H23ClN4O3.C3H8O/c1-27(9-8-25)14-17-4-7-21-19(12-17)22(30)20(15-28(21)10-11-29)23(31)26-13-16-2-5-18(24)6-3-16;1-3-4-2/h2-7,12,15,29H,9-11,13-14H2,1H3,(H,26,31);3H2,1-2H3. The maximum absolute atomic E-state index is 13.1. The second-order valence-corrected chi connectivity index (χ2v) is 8.29. The Morgan fingerprint density at radius 1 is 1.23 bits per heavy atom. The molecule has 0 atom stereocenters. The molecule has 3 rings (SSSR count). The number of amides is 1. The summed E-state index contributed by atoms with van der Waals surface area (Å²) in [5, 5.41) is 22.1. The maximum atomic E-state index is 13.1. The molecule has 0 aliphatic rings. The molecular weight excluding hydrogens is 468 g/mol. The minimum Gasteiger partial charge on any atom is -0.395 e. The minimum atomic E-state index is -0.486. The van der Waals surface area contributed by atoms with Crippen molar-refractivity contribution in [2.24, 2.45) is 0 Å². The van der Waals surface area contributed by atoms with Gasteiger partial charge < -0.3 is 19.7 Å². The molecule has 0 unspecified atom stereocenters. The predicted octanol–water partition coefficient (Wildman–Crippen LogP) is 3.19. The number of fused-ring (bicyclic) bond motifs is 1. The van der Waals surface area contributed by atoms with Gasteiger partial charge in [0.1, 0.15) is 5.56 Å². The van der Waals surface area contributed by atoms with Gasteiger partial charge in [0, 0.05) is 50.0 Å². The van der Waals surface area contributed by atoms with Crippen molar-refractivity contribution >= 4 is 28.4 Å². The monoisotopic (exact) mass is 498 g/mol. The van der Waals surface area contributed by atoms with Crippen LogP contribution in [0.25, 0.3) is 10.9 Å². The zero-order chi connectivity index (χ0) is 25.8. The Morgan fingerprint density at radius 2 is 1.89 bits per heavy atom. The van der Waals surface area contributed by atoms with E-state index in [1.807, 2.05) is 24.9 Å². The summed E-state index contributed by atoms with van der Waals surface area (Å²) in [4.78, 5) is 27.8. The molecule has 0 aliphatic carbocycles. The van der Waals surface area contributed by atoms with Crippen LogP contribution in [0, 0.1) is 11.3 Å². The molecule has 3 aromatic rings. The second-order valence-electron chi connectivity index (χ2n) is 7.86. The molecule has 9 heteroatoms. The van der Waals surface area contributed by atoms with Crippen molar-refractivity contribution in [1.82, 2.24) is 14.8 Å². The molecular formula is C26H31ClN4O4. The lowest BCUT2D eigenvalue weighted by Crippen LogP contribution is -2.30. The van der Waals surface area contributed by atoms with Crippen LogP contribution in [0.15, 0.2) is 53.5 Å². The van der Waals surface area contributed by atoms with Crippen molar-refractivity contribution in [2.45, 2.75) is 26.6 Å². The highest BCUT2D eigenvalue weighted by Crippen LogP contribution is 2.16. The fraction of sp³-hybridized carbons (Fsp3) is 0.346. The number of hydrogen-bond acceptors (Lipinski definition) is 6. The average molecular weight is 499 g/mol. The van der Waals surface area contributed by atoms with E-state index in [0.717, 1.165) is 17.7 Å². The van der Waals surface area contributed by atoms with Gasteiger partial charge in [-0.15, -0.1) is 0 Å². The van der Waals surface area contributed by atoms with Crippen LogP contribution < -0.4 is 10.7 Å². The van der Waals surface area contributed by atoms with Gasteiger partial charge in [-0.05, 0) is 49.4 Å². The first-order valence-corrected chi connectivity index (χ1v) is 11.6. The summed E-state index contributed by atoms with van der Waals surface area (Å²) in [6.07, 6.45) is 1.49. The Balaban J connectivity index is 0.00000100. The van der Waals surface area contributed by atoms with Crippen molar-refractivity contribution in [3.05, 3.63) is 80.6 Å². The van der Waals surface area contributed by atoms with E-state index in [2.05, 4.69) is 16.1 Å². The van der Waals surface area contributed by atoms with Gasteiger partial charge in [-0.25, -0.2) is 0 Å². The third-order valence-electron chi connectivity index (χ3n) is 5.18. The normalized spacial score (nSPS) is 10.5. The predicted molar refractivity (Wildman–Crippen MR) is 137 cm³/mol. The number of methoxy groups -OCH3 is 1. The number of ether oxygens (including phenoxy) is 1. The van der Waals surface area contributed by atoms with Gasteiger partial charge in [0.15, 0.2) is 0 Å². The van der Waals surface area contributed by atoms with E-state index in [1.165, 1.54) is 6.20 Å². The van der Waals surface area contributed by atoms with Crippen LogP contribution in [-0.2, 0) is 24.4 Å². The number of hydrogen-bond donors (Lipinski definition) is 2. The Kier molecular flexibility index (Phi) is 11.4. The number of carbonyl (C=O) groups is 1. The molecule has 0 saturated heterocycles. The molecule has 0 saturated carbocycles. The SMILES string of the molecule is CCOC.CN(CC#N)Cc1ccc2c(c1)c(=O)c(C(=O)NCc1ccc(Cl)cc1)cn2CCO. The molecule has 0 fully saturated rings. The Morgan fingerprint density at radius 3 is 2.49 bits per heavy atom. The average Bonchev–Trinajstić information content (AvgIpc) is 2.85. The van der Waals surface area contributed by atoms with Gasteiger partial charge >= 0.3 is 0 Å². The lowest BCUT2D eigenvalue weighted by Gasteiger charge is -2.16. The highest BCUT2D eigenvalue weighted by molar-refractivity contribution is 6.30. The van der Waals surface area contributed by atoms with Crippen LogP contribution in [0.5, 0.6) is 0 Å². The molecule has 8 nitrogen and oxygen atoms in total. The number of aliphatic hydroxyl groups is 1. The molecule has 1 heterocycles. The number of aromatic nitrogens is 1. The van der Waals surface area contributed by atoms with Gasteiger partial charge in [-0.2, -0.15) is 5.26 Å². The van der Waals surface area contributed by atoms with E-state index in [4.69, 9.17) is 16.9 Å². The van der Waals surface area contributed by atoms with Gasteiger partial charge in [-0.1, -0.05) is 29.8 Å². The fourth-order valence-electron chi connectivity index (χ4n) is 3.37. The summed E-state index contributed by atoms with van der Waals surface area (Å²) in [5.74, 6) is -0.486. The zero-order valence-corrected chi connectivity index (χ0v) is 21.0. The Labute approximate surface area is 210 Å². The Bertz CT molecular complexity index is 1220. The quantitative estimate of drug-likeness (QED) is 0.439. The van der Waals surface area contributed by atoms with Crippen molar-refractivity contribution in [2.75, 3.05) is 33.9 Å². The molecule has 35 heavy (non-hydrogen) atoms. The van der Waals surface area contributed by atoms with Crippen molar-refractivity contribution in [1.29, 1.82) is 5.26 Å². The van der Waals surface area contributed by atoms with Crippen LogP contribution in [0.2, 0.25) is 5.02 Å². The number of aliphatic hydroxyl groups excluding tert-OH is 1. The first-order chi connectivity index (χ1) is 16.8. The molecule has 2 aromatic carbocycles. The number of benzene rings is 2. The zero-order valence-electron chi connectivity index (χ0n) is 20.3. The van der Waals surface area contributed by atoms with E-state index >= 15 is 0 Å².